The molecule has 0 saturated carbocycles. The van der Waals surface area contributed by atoms with Gasteiger partial charge in [-0.15, -0.1) is 0 Å². The molecule has 0 aliphatic carbocycles. The summed E-state index contributed by atoms with van der Waals surface area (Å²) in [6.45, 7) is 2.13. The van der Waals surface area contributed by atoms with Gasteiger partial charge in [0.05, 0.1) is 11.6 Å². The van der Waals surface area contributed by atoms with Crippen molar-refractivity contribution in [1.82, 2.24) is 4.57 Å². The third kappa shape index (κ3) is 5.69. The molecule has 0 unspecified atom stereocenters. The molecule has 0 bridgehead atoms. The summed E-state index contributed by atoms with van der Waals surface area (Å²) in [6.07, 6.45) is 0. The molecule has 0 saturated heterocycles. The van der Waals surface area contributed by atoms with Crippen LogP contribution >= 0.6 is 0 Å². The molecule has 0 amide bonds. The van der Waals surface area contributed by atoms with Crippen molar-refractivity contribution in [1.29, 1.82) is 5.26 Å². The zero-order chi connectivity index (χ0) is 36.5. The quantitative estimate of drug-likeness (QED) is 0.145. The number of nitriles is 1. The molecule has 0 atom stereocenters. The van der Waals surface area contributed by atoms with Gasteiger partial charge in [-0.25, -0.2) is 0 Å². The van der Waals surface area contributed by atoms with Crippen molar-refractivity contribution in [2.24, 2.45) is 0 Å². The second-order valence-electron chi connectivity index (χ2n) is 13.8. The second kappa shape index (κ2) is 14.1. The Bertz CT molecular complexity index is 2650. The molecule has 9 rings (SSSR count). The van der Waals surface area contributed by atoms with E-state index in [2.05, 4.69) is 204 Å². The van der Waals surface area contributed by atoms with Crippen LogP contribution in [0.15, 0.2) is 206 Å². The van der Waals surface area contributed by atoms with Crippen LogP contribution in [0.5, 0.6) is 0 Å². The molecule has 0 spiro atoms. The first-order valence-corrected chi connectivity index (χ1v) is 22.5. The summed E-state index contributed by atoms with van der Waals surface area (Å²) in [5.41, 5.74) is 8.45. The van der Waals surface area contributed by atoms with Gasteiger partial charge >= 0.3 is 291 Å². The van der Waals surface area contributed by atoms with E-state index in [0.717, 1.165) is 33.8 Å². The predicted molar refractivity (Wildman–Crippen MR) is 229 cm³/mol. The Hall–Kier alpha value is -6.61. The van der Waals surface area contributed by atoms with Gasteiger partial charge in [0, 0.05) is 0 Å². The molecule has 1 aromatic heterocycles. The summed E-state index contributed by atoms with van der Waals surface area (Å²) in [5, 5.41) is 11.8. The van der Waals surface area contributed by atoms with Crippen molar-refractivity contribution in [3.05, 3.63) is 217 Å². The number of fused-ring (bicyclic) bond motifs is 3. The van der Waals surface area contributed by atoms with E-state index in [1.165, 1.54) is 33.9 Å². The number of nitrogens with zero attached hydrogens (tertiary/aromatic N) is 3. The van der Waals surface area contributed by atoms with Crippen molar-refractivity contribution in [2.75, 3.05) is 4.90 Å². The fourth-order valence-electron chi connectivity index (χ4n) is 8.13. The van der Waals surface area contributed by atoms with Crippen LogP contribution in [0.1, 0.15) is 11.1 Å². The maximum atomic E-state index is 9.44. The first kappa shape index (κ1) is 33.2. The SMILES string of the molecule is Cc1ccc(N(c2cc[c]([Ge]([c]3ccccc3)([c]3ccccc3)[c]3ccccc3)cc2)c2ccc3c(c2)c2ccccc2n3-c2ccc(C#N)cc2)cc1. The summed E-state index contributed by atoms with van der Waals surface area (Å²) in [7, 11) is 0. The van der Waals surface area contributed by atoms with Gasteiger partial charge in [-0.2, -0.15) is 5.26 Å². The molecule has 3 nitrogen and oxygen atoms in total. The number of hydrogen-bond acceptors (Lipinski definition) is 2. The van der Waals surface area contributed by atoms with Crippen LogP contribution in [0.3, 0.4) is 0 Å². The zero-order valence-corrected chi connectivity index (χ0v) is 32.1. The molecule has 1 heterocycles. The van der Waals surface area contributed by atoms with Gasteiger partial charge in [-0.05, 0) is 12.1 Å². The van der Waals surface area contributed by atoms with Gasteiger partial charge in [0.2, 0.25) is 0 Å². The van der Waals surface area contributed by atoms with E-state index in [4.69, 9.17) is 0 Å². The number of hydrogen-bond donors (Lipinski definition) is 0. The van der Waals surface area contributed by atoms with E-state index in [9.17, 15) is 5.26 Å². The monoisotopic (exact) mass is 753 g/mol. The number of aryl methyl sites for hydroxylation is 1. The Morgan fingerprint density at radius 3 is 1.46 bits per heavy atom. The van der Waals surface area contributed by atoms with E-state index in [1.807, 2.05) is 24.3 Å². The number of aromatic nitrogens is 1. The van der Waals surface area contributed by atoms with Crippen LogP contribution in [0, 0.1) is 18.3 Å². The molecule has 0 N–H and O–H groups in total. The van der Waals surface area contributed by atoms with Crippen molar-refractivity contribution in [3.63, 3.8) is 0 Å². The molecule has 0 fully saturated rings. The summed E-state index contributed by atoms with van der Waals surface area (Å²) in [6, 6.07) is 77.1. The number of para-hydroxylation sites is 1. The van der Waals surface area contributed by atoms with E-state index >= 15 is 0 Å². The molecule has 54 heavy (non-hydrogen) atoms. The molecule has 9 aromatic rings. The van der Waals surface area contributed by atoms with Crippen molar-refractivity contribution in [3.8, 4) is 11.8 Å². The van der Waals surface area contributed by atoms with Gasteiger partial charge in [0.1, 0.15) is 0 Å². The Kier molecular flexibility index (Phi) is 8.67. The fourth-order valence-corrected chi connectivity index (χ4v) is 18.1. The van der Waals surface area contributed by atoms with E-state index in [1.54, 1.807) is 0 Å². The topological polar surface area (TPSA) is 32.0 Å². The summed E-state index contributed by atoms with van der Waals surface area (Å²) in [4.78, 5) is 2.37. The molecule has 8 aromatic carbocycles. The first-order valence-electron chi connectivity index (χ1n) is 18.3. The summed E-state index contributed by atoms with van der Waals surface area (Å²) < 4.78 is 7.89. The standard InChI is InChI=1S/C50H37GeN3/c1-37-21-27-43(28-22-37)53(46-33-34-50-48(35-46)47-19-11-12-20-49(47)54(50)45-29-23-38(36-52)24-30-45)44-31-25-42(26-32-44)51(39-13-5-2-6-14-39,40-15-7-3-8-16-40)41-17-9-4-10-18-41/h2-35H,1H3. The van der Waals surface area contributed by atoms with E-state index in [-0.39, 0.29) is 0 Å². The normalized spacial score (nSPS) is 11.4. The average molecular weight is 752 g/mol. The van der Waals surface area contributed by atoms with Crippen LogP contribution in [-0.4, -0.2) is 17.8 Å². The maximum absolute atomic E-state index is 9.44. The van der Waals surface area contributed by atoms with E-state index < -0.39 is 13.3 Å². The molecular weight excluding hydrogens is 715 g/mol. The molecular formula is C50H37GeN3. The number of anilines is 3. The predicted octanol–water partition coefficient (Wildman–Crippen LogP) is 9.81. The summed E-state index contributed by atoms with van der Waals surface area (Å²) >= 11 is -3.41. The third-order valence-corrected chi connectivity index (χ3v) is 20.7. The van der Waals surface area contributed by atoms with Gasteiger partial charge < -0.3 is 0 Å². The van der Waals surface area contributed by atoms with Crippen molar-refractivity contribution in [2.45, 2.75) is 6.92 Å². The van der Waals surface area contributed by atoms with Crippen LogP contribution in [-0.2, 0) is 0 Å². The van der Waals surface area contributed by atoms with Crippen LogP contribution in [0.4, 0.5) is 17.1 Å². The van der Waals surface area contributed by atoms with Gasteiger partial charge in [-0.1, -0.05) is 0 Å². The van der Waals surface area contributed by atoms with Crippen molar-refractivity contribution < 1.29 is 0 Å². The Labute approximate surface area is 319 Å². The Morgan fingerprint density at radius 2 is 0.907 bits per heavy atom. The summed E-state index contributed by atoms with van der Waals surface area (Å²) in [5.74, 6) is 0. The van der Waals surface area contributed by atoms with Crippen LogP contribution in [0.2, 0.25) is 0 Å². The Morgan fingerprint density at radius 1 is 0.444 bits per heavy atom. The van der Waals surface area contributed by atoms with Gasteiger partial charge in [0.25, 0.3) is 0 Å². The molecule has 0 aliphatic rings. The van der Waals surface area contributed by atoms with Gasteiger partial charge in [-0.3, -0.25) is 0 Å². The first-order chi connectivity index (χ1) is 26.6. The van der Waals surface area contributed by atoms with Crippen LogP contribution in [0.25, 0.3) is 27.5 Å². The van der Waals surface area contributed by atoms with Gasteiger partial charge in [0.15, 0.2) is 0 Å². The fraction of sp³-hybridized carbons (Fsp3) is 0.0200. The third-order valence-electron chi connectivity index (χ3n) is 10.6. The van der Waals surface area contributed by atoms with Crippen LogP contribution < -0.4 is 22.5 Å². The molecule has 0 radical (unpaired) electrons. The molecule has 0 aliphatic heterocycles. The second-order valence-corrected chi connectivity index (χ2v) is 21.8. The molecule has 4 heteroatoms. The van der Waals surface area contributed by atoms with Crippen molar-refractivity contribution >= 4 is 69.7 Å². The minimum atomic E-state index is -3.41. The van der Waals surface area contributed by atoms with E-state index in [0.29, 0.717) is 5.56 Å². The zero-order valence-electron chi connectivity index (χ0n) is 30.0. The molecule has 256 valence electrons. The number of benzene rings is 8. The average Bonchev–Trinajstić information content (AvgIpc) is 3.57. The minimum absolute atomic E-state index is 0.652. The Balaban J connectivity index is 1.23. The number of rotatable bonds is 8.